The van der Waals surface area contributed by atoms with Gasteiger partial charge in [-0.15, -0.1) is 0 Å². The van der Waals surface area contributed by atoms with Crippen molar-refractivity contribution in [3.63, 3.8) is 0 Å². The first kappa shape index (κ1) is 13.0. The minimum Gasteiger partial charge on any atom is -0.469 e. The number of carbonyl (C=O) groups is 1. The summed E-state index contributed by atoms with van der Waals surface area (Å²) in [5, 5.41) is 0.630. The summed E-state index contributed by atoms with van der Waals surface area (Å²) in [6.07, 6.45) is 0. The van der Waals surface area contributed by atoms with Crippen molar-refractivity contribution in [3.8, 4) is 0 Å². The molecule has 0 bridgehead atoms. The van der Waals surface area contributed by atoms with E-state index in [4.69, 9.17) is 16.3 Å². The Morgan fingerprint density at radius 3 is 2.69 bits per heavy atom. The Hall–Kier alpha value is -1.06. The highest BCUT2D eigenvalue weighted by molar-refractivity contribution is 6.30. The van der Waals surface area contributed by atoms with Gasteiger partial charge in [-0.1, -0.05) is 23.7 Å². The summed E-state index contributed by atoms with van der Waals surface area (Å²) in [5.74, 6) is -0.533. The number of hydrogen-bond acceptors (Lipinski definition) is 3. The van der Waals surface area contributed by atoms with E-state index in [1.807, 2.05) is 31.1 Å². The van der Waals surface area contributed by atoms with Crippen molar-refractivity contribution >= 4 is 17.6 Å². The molecule has 0 amide bonds. The van der Waals surface area contributed by atoms with Gasteiger partial charge in [-0.2, -0.15) is 0 Å². The standard InChI is InChI=1S/C12H16ClNO2/c1-14(2)8-11(12(15)16-3)9-5-4-6-10(13)7-9/h4-7,11H,8H2,1-3H3. The Morgan fingerprint density at radius 2 is 2.19 bits per heavy atom. The number of rotatable bonds is 4. The van der Waals surface area contributed by atoms with Crippen LogP contribution in [0.5, 0.6) is 0 Å². The van der Waals surface area contributed by atoms with E-state index in [-0.39, 0.29) is 11.9 Å². The third-order valence-electron chi connectivity index (χ3n) is 2.28. The van der Waals surface area contributed by atoms with Crippen LogP contribution in [0.1, 0.15) is 11.5 Å². The van der Waals surface area contributed by atoms with Gasteiger partial charge in [0.2, 0.25) is 0 Å². The summed E-state index contributed by atoms with van der Waals surface area (Å²) in [4.78, 5) is 13.6. The molecule has 0 aliphatic rings. The van der Waals surface area contributed by atoms with Gasteiger partial charge in [0.05, 0.1) is 13.0 Å². The van der Waals surface area contributed by atoms with E-state index in [0.29, 0.717) is 11.6 Å². The number of esters is 1. The third kappa shape index (κ3) is 3.51. The molecule has 0 heterocycles. The van der Waals surface area contributed by atoms with Crippen molar-refractivity contribution in [1.82, 2.24) is 4.90 Å². The number of hydrogen-bond donors (Lipinski definition) is 0. The summed E-state index contributed by atoms with van der Waals surface area (Å²) in [7, 11) is 5.23. The average molecular weight is 242 g/mol. The van der Waals surface area contributed by atoms with E-state index in [1.165, 1.54) is 7.11 Å². The molecule has 88 valence electrons. The molecule has 16 heavy (non-hydrogen) atoms. The highest BCUT2D eigenvalue weighted by atomic mass is 35.5. The molecule has 0 aliphatic carbocycles. The number of nitrogens with zero attached hydrogens (tertiary/aromatic N) is 1. The van der Waals surface area contributed by atoms with Crippen molar-refractivity contribution in [2.75, 3.05) is 27.7 Å². The summed E-state index contributed by atoms with van der Waals surface area (Å²) in [5.41, 5.74) is 0.882. The molecule has 1 rings (SSSR count). The summed E-state index contributed by atoms with van der Waals surface area (Å²) < 4.78 is 4.80. The van der Waals surface area contributed by atoms with Gasteiger partial charge in [0.1, 0.15) is 0 Å². The second kappa shape index (κ2) is 5.87. The molecule has 0 spiro atoms. The van der Waals surface area contributed by atoms with Crippen LogP contribution in [0.2, 0.25) is 5.02 Å². The van der Waals surface area contributed by atoms with Crippen LogP contribution < -0.4 is 0 Å². The van der Waals surface area contributed by atoms with E-state index >= 15 is 0 Å². The van der Waals surface area contributed by atoms with Crippen LogP contribution in [-0.2, 0) is 9.53 Å². The zero-order chi connectivity index (χ0) is 12.1. The molecule has 0 fully saturated rings. The highest BCUT2D eigenvalue weighted by Gasteiger charge is 2.22. The Morgan fingerprint density at radius 1 is 1.50 bits per heavy atom. The number of halogens is 1. The third-order valence-corrected chi connectivity index (χ3v) is 2.52. The number of ether oxygens (including phenoxy) is 1. The quantitative estimate of drug-likeness (QED) is 0.757. The fraction of sp³-hybridized carbons (Fsp3) is 0.417. The summed E-state index contributed by atoms with van der Waals surface area (Å²) >= 11 is 5.91. The molecule has 1 atom stereocenters. The van der Waals surface area contributed by atoms with Gasteiger partial charge in [-0.25, -0.2) is 0 Å². The van der Waals surface area contributed by atoms with Gasteiger partial charge < -0.3 is 9.64 Å². The minimum absolute atomic E-state index is 0.240. The van der Waals surface area contributed by atoms with Crippen LogP contribution in [0.15, 0.2) is 24.3 Å². The lowest BCUT2D eigenvalue weighted by atomic mass is 9.99. The van der Waals surface area contributed by atoms with Gasteiger partial charge >= 0.3 is 5.97 Å². The minimum atomic E-state index is -0.293. The molecule has 4 heteroatoms. The van der Waals surface area contributed by atoms with E-state index in [0.717, 1.165) is 5.56 Å². The number of benzene rings is 1. The molecule has 0 aliphatic heterocycles. The SMILES string of the molecule is COC(=O)C(CN(C)C)c1cccc(Cl)c1. The molecule has 0 aromatic heterocycles. The number of methoxy groups -OCH3 is 1. The molecule has 0 radical (unpaired) electrons. The number of likely N-dealkylation sites (N-methyl/N-ethyl adjacent to an activating group) is 1. The highest BCUT2D eigenvalue weighted by Crippen LogP contribution is 2.21. The Kier molecular flexibility index (Phi) is 4.77. The van der Waals surface area contributed by atoms with Gasteiger partial charge in [0, 0.05) is 11.6 Å². The average Bonchev–Trinajstić information content (AvgIpc) is 2.24. The van der Waals surface area contributed by atoms with Crippen LogP contribution in [0.4, 0.5) is 0 Å². The van der Waals surface area contributed by atoms with Crippen LogP contribution in [0, 0.1) is 0 Å². The fourth-order valence-corrected chi connectivity index (χ4v) is 1.75. The smallest absolute Gasteiger partial charge is 0.314 e. The maximum atomic E-state index is 11.7. The zero-order valence-electron chi connectivity index (χ0n) is 9.74. The van der Waals surface area contributed by atoms with Crippen molar-refractivity contribution in [2.45, 2.75) is 5.92 Å². The van der Waals surface area contributed by atoms with Crippen LogP contribution in [0.25, 0.3) is 0 Å². The molecular formula is C12H16ClNO2. The zero-order valence-corrected chi connectivity index (χ0v) is 10.5. The van der Waals surface area contributed by atoms with Gasteiger partial charge in [-0.05, 0) is 31.8 Å². The first-order valence-corrected chi connectivity index (χ1v) is 5.40. The summed E-state index contributed by atoms with van der Waals surface area (Å²) in [6, 6.07) is 7.31. The van der Waals surface area contributed by atoms with Crippen LogP contribution in [-0.4, -0.2) is 38.6 Å². The predicted octanol–water partition coefficient (Wildman–Crippen LogP) is 2.16. The monoisotopic (exact) mass is 241 g/mol. The van der Waals surface area contributed by atoms with E-state index in [9.17, 15) is 4.79 Å². The fourth-order valence-electron chi connectivity index (χ4n) is 1.55. The molecule has 1 aromatic carbocycles. The van der Waals surface area contributed by atoms with Crippen LogP contribution >= 0.6 is 11.6 Å². The number of carbonyl (C=O) groups excluding carboxylic acids is 1. The molecule has 1 unspecified atom stereocenters. The molecule has 1 aromatic rings. The Bertz CT molecular complexity index is 366. The van der Waals surface area contributed by atoms with Crippen molar-refractivity contribution in [3.05, 3.63) is 34.9 Å². The Labute approximate surface area is 101 Å². The van der Waals surface area contributed by atoms with Crippen molar-refractivity contribution in [1.29, 1.82) is 0 Å². The molecule has 0 N–H and O–H groups in total. The lowest BCUT2D eigenvalue weighted by molar-refractivity contribution is -0.142. The molecular weight excluding hydrogens is 226 g/mol. The largest absolute Gasteiger partial charge is 0.469 e. The second-order valence-corrected chi connectivity index (χ2v) is 4.33. The van der Waals surface area contributed by atoms with Gasteiger partial charge in [-0.3, -0.25) is 4.79 Å². The van der Waals surface area contributed by atoms with Crippen molar-refractivity contribution < 1.29 is 9.53 Å². The summed E-state index contributed by atoms with van der Waals surface area (Å²) in [6.45, 7) is 0.604. The van der Waals surface area contributed by atoms with E-state index in [1.54, 1.807) is 12.1 Å². The lowest BCUT2D eigenvalue weighted by Gasteiger charge is -2.19. The van der Waals surface area contributed by atoms with Crippen molar-refractivity contribution in [2.24, 2.45) is 0 Å². The van der Waals surface area contributed by atoms with Gasteiger partial charge in [0.25, 0.3) is 0 Å². The molecule has 0 saturated heterocycles. The van der Waals surface area contributed by atoms with Crippen LogP contribution in [0.3, 0.4) is 0 Å². The maximum absolute atomic E-state index is 11.7. The first-order valence-electron chi connectivity index (χ1n) is 5.02. The second-order valence-electron chi connectivity index (χ2n) is 3.89. The van der Waals surface area contributed by atoms with Gasteiger partial charge in [0.15, 0.2) is 0 Å². The molecule has 0 saturated carbocycles. The predicted molar refractivity (Wildman–Crippen MR) is 64.8 cm³/mol. The maximum Gasteiger partial charge on any atom is 0.314 e. The van der Waals surface area contributed by atoms with E-state index in [2.05, 4.69) is 0 Å². The van der Waals surface area contributed by atoms with E-state index < -0.39 is 0 Å². The first-order chi connectivity index (χ1) is 7.54. The normalized spacial score (nSPS) is 12.6. The lowest BCUT2D eigenvalue weighted by Crippen LogP contribution is -2.27. The Balaban J connectivity index is 2.96. The molecule has 3 nitrogen and oxygen atoms in total. The topological polar surface area (TPSA) is 29.5 Å².